The minimum Gasteiger partial charge on any atom is -0.383 e. The van der Waals surface area contributed by atoms with E-state index in [9.17, 15) is 0 Å². The average Bonchev–Trinajstić information content (AvgIpc) is 2.59. The van der Waals surface area contributed by atoms with Crippen molar-refractivity contribution in [2.75, 3.05) is 11.1 Å². The maximum Gasteiger partial charge on any atom is 0.139 e. The van der Waals surface area contributed by atoms with Crippen LogP contribution in [-0.2, 0) is 0 Å². The molecule has 86 valence electrons. The maximum absolute atomic E-state index is 5.55. The molecule has 15 heavy (non-hydrogen) atoms. The molecule has 1 rings (SSSR count). The van der Waals surface area contributed by atoms with E-state index in [0.717, 1.165) is 5.00 Å². The van der Waals surface area contributed by atoms with Crippen LogP contribution in [0, 0.1) is 0 Å². The molecule has 1 heterocycles. The van der Waals surface area contributed by atoms with E-state index in [0.29, 0.717) is 11.9 Å². The van der Waals surface area contributed by atoms with Crippen molar-refractivity contribution in [2.24, 2.45) is 0 Å². The Morgan fingerprint density at radius 3 is 2.87 bits per heavy atom. The molecule has 0 bridgehead atoms. The monoisotopic (exact) mass is 227 g/mol. The quantitative estimate of drug-likeness (QED) is 0.701. The number of aromatic nitrogens is 1. The van der Waals surface area contributed by atoms with Crippen molar-refractivity contribution in [3.8, 4) is 0 Å². The summed E-state index contributed by atoms with van der Waals surface area (Å²) in [4.78, 5) is 0. The van der Waals surface area contributed by atoms with Crippen LogP contribution < -0.4 is 11.1 Å². The van der Waals surface area contributed by atoms with E-state index in [1.54, 1.807) is 0 Å². The van der Waals surface area contributed by atoms with E-state index in [2.05, 4.69) is 23.5 Å². The summed E-state index contributed by atoms with van der Waals surface area (Å²) in [5.41, 5.74) is 5.55. The number of hydrogen-bond donors (Lipinski definition) is 2. The molecule has 0 aliphatic carbocycles. The minimum atomic E-state index is 0.515. The molecule has 1 unspecified atom stereocenters. The van der Waals surface area contributed by atoms with Crippen LogP contribution in [0.3, 0.4) is 0 Å². The molecule has 1 aromatic rings. The Bertz CT molecular complexity index is 273. The lowest BCUT2D eigenvalue weighted by Crippen LogP contribution is -2.13. The van der Waals surface area contributed by atoms with Gasteiger partial charge in [-0.25, -0.2) is 0 Å². The summed E-state index contributed by atoms with van der Waals surface area (Å²) in [5, 5.41) is 4.49. The second-order valence-electron chi connectivity index (χ2n) is 4.01. The van der Waals surface area contributed by atoms with Crippen LogP contribution in [0.15, 0.2) is 6.07 Å². The third kappa shape index (κ3) is 5.02. The number of rotatable bonds is 7. The molecular weight excluding hydrogens is 206 g/mol. The number of nitrogen functional groups attached to an aromatic ring is 1. The highest BCUT2D eigenvalue weighted by Gasteiger charge is 2.04. The number of unbranched alkanes of at least 4 members (excludes halogenated alkanes) is 3. The minimum absolute atomic E-state index is 0.515. The fraction of sp³-hybridized carbons (Fsp3) is 0.727. The normalized spacial score (nSPS) is 12.7. The zero-order valence-corrected chi connectivity index (χ0v) is 10.4. The third-order valence-corrected chi connectivity index (χ3v) is 3.14. The van der Waals surface area contributed by atoms with E-state index in [1.165, 1.54) is 43.6 Å². The van der Waals surface area contributed by atoms with Crippen LogP contribution in [0.4, 0.5) is 10.8 Å². The predicted octanol–water partition coefficient (Wildman–Crippen LogP) is 3.50. The molecule has 0 saturated heterocycles. The summed E-state index contributed by atoms with van der Waals surface area (Å²) in [6, 6.07) is 2.41. The second kappa shape index (κ2) is 6.67. The maximum atomic E-state index is 5.55. The van der Waals surface area contributed by atoms with Crippen molar-refractivity contribution in [1.29, 1.82) is 0 Å². The van der Waals surface area contributed by atoms with Gasteiger partial charge in [0.1, 0.15) is 10.8 Å². The van der Waals surface area contributed by atoms with E-state index < -0.39 is 0 Å². The molecular formula is C11H21N3S. The first-order chi connectivity index (χ1) is 7.22. The largest absolute Gasteiger partial charge is 0.383 e. The Kier molecular flexibility index (Phi) is 5.47. The lowest BCUT2D eigenvalue weighted by molar-refractivity contribution is 0.594. The number of hydrogen-bond acceptors (Lipinski definition) is 4. The molecule has 0 fully saturated rings. The first kappa shape index (κ1) is 12.3. The third-order valence-electron chi connectivity index (χ3n) is 2.41. The highest BCUT2D eigenvalue weighted by molar-refractivity contribution is 7.10. The van der Waals surface area contributed by atoms with Gasteiger partial charge in [-0.1, -0.05) is 32.6 Å². The highest BCUT2D eigenvalue weighted by Crippen LogP contribution is 2.19. The van der Waals surface area contributed by atoms with Gasteiger partial charge in [0.2, 0.25) is 0 Å². The van der Waals surface area contributed by atoms with Crippen LogP contribution in [0.1, 0.15) is 46.0 Å². The van der Waals surface area contributed by atoms with Crippen molar-refractivity contribution in [1.82, 2.24) is 4.37 Å². The Morgan fingerprint density at radius 1 is 1.47 bits per heavy atom. The van der Waals surface area contributed by atoms with Gasteiger partial charge in [-0.3, -0.25) is 0 Å². The summed E-state index contributed by atoms with van der Waals surface area (Å²) in [7, 11) is 0. The van der Waals surface area contributed by atoms with Gasteiger partial charge in [0.25, 0.3) is 0 Å². The summed E-state index contributed by atoms with van der Waals surface area (Å²) in [5.74, 6) is 0.612. The van der Waals surface area contributed by atoms with Crippen LogP contribution in [0.5, 0.6) is 0 Å². The van der Waals surface area contributed by atoms with Crippen molar-refractivity contribution in [3.63, 3.8) is 0 Å². The molecule has 0 radical (unpaired) electrons. The van der Waals surface area contributed by atoms with Crippen LogP contribution in [-0.4, -0.2) is 10.4 Å². The SMILES string of the molecule is CCCCCCC(C)Nc1cc(N)ns1. The van der Waals surface area contributed by atoms with Gasteiger partial charge in [-0.2, -0.15) is 4.37 Å². The molecule has 0 aromatic carbocycles. The predicted molar refractivity (Wildman–Crippen MR) is 68.4 cm³/mol. The zero-order chi connectivity index (χ0) is 11.1. The first-order valence-electron chi connectivity index (χ1n) is 5.71. The average molecular weight is 227 g/mol. The number of anilines is 2. The van der Waals surface area contributed by atoms with Gasteiger partial charge in [-0.05, 0) is 24.9 Å². The fourth-order valence-corrected chi connectivity index (χ4v) is 2.23. The molecule has 4 heteroatoms. The first-order valence-corrected chi connectivity index (χ1v) is 6.48. The molecule has 0 amide bonds. The lowest BCUT2D eigenvalue weighted by atomic mass is 10.1. The lowest BCUT2D eigenvalue weighted by Gasteiger charge is -2.12. The Labute approximate surface area is 96.2 Å². The summed E-state index contributed by atoms with van der Waals surface area (Å²) < 4.78 is 4.04. The van der Waals surface area contributed by atoms with Gasteiger partial charge in [0, 0.05) is 12.1 Å². The Balaban J connectivity index is 2.15. The van der Waals surface area contributed by atoms with Gasteiger partial charge >= 0.3 is 0 Å². The van der Waals surface area contributed by atoms with Crippen molar-refractivity contribution >= 4 is 22.4 Å². The standard InChI is InChI=1S/C11H21N3S/c1-3-4-5-6-7-9(2)13-11-8-10(12)14-15-11/h8-9,13H,3-7H2,1-2H3,(H2,12,14). The van der Waals surface area contributed by atoms with E-state index in [4.69, 9.17) is 5.73 Å². The van der Waals surface area contributed by atoms with Crippen molar-refractivity contribution < 1.29 is 0 Å². The van der Waals surface area contributed by atoms with Gasteiger partial charge in [0.15, 0.2) is 0 Å². The molecule has 3 N–H and O–H groups in total. The van der Waals surface area contributed by atoms with Crippen LogP contribution in [0.2, 0.25) is 0 Å². The van der Waals surface area contributed by atoms with E-state index in [1.807, 2.05) is 6.07 Å². The molecule has 1 atom stereocenters. The van der Waals surface area contributed by atoms with Gasteiger partial charge in [0.05, 0.1) is 0 Å². The summed E-state index contributed by atoms with van der Waals surface area (Å²) in [6.45, 7) is 4.45. The molecule has 1 aromatic heterocycles. The van der Waals surface area contributed by atoms with E-state index in [-0.39, 0.29) is 0 Å². The Hall–Kier alpha value is -0.770. The molecule has 0 aliphatic rings. The summed E-state index contributed by atoms with van der Waals surface area (Å²) >= 11 is 1.44. The number of nitrogens with two attached hydrogens (primary N) is 1. The zero-order valence-electron chi connectivity index (χ0n) is 9.62. The van der Waals surface area contributed by atoms with Crippen LogP contribution >= 0.6 is 11.5 Å². The van der Waals surface area contributed by atoms with Gasteiger partial charge in [-0.15, -0.1) is 0 Å². The second-order valence-corrected chi connectivity index (χ2v) is 4.82. The topological polar surface area (TPSA) is 50.9 Å². The molecule has 0 aliphatic heterocycles. The van der Waals surface area contributed by atoms with Crippen molar-refractivity contribution in [2.45, 2.75) is 52.0 Å². The Morgan fingerprint density at radius 2 is 2.27 bits per heavy atom. The number of nitrogens with zero attached hydrogens (tertiary/aromatic N) is 1. The van der Waals surface area contributed by atoms with Crippen LogP contribution in [0.25, 0.3) is 0 Å². The van der Waals surface area contributed by atoms with Gasteiger partial charge < -0.3 is 11.1 Å². The smallest absolute Gasteiger partial charge is 0.139 e. The number of nitrogens with one attached hydrogen (secondary N) is 1. The molecule has 0 spiro atoms. The molecule has 3 nitrogen and oxygen atoms in total. The highest BCUT2D eigenvalue weighted by atomic mass is 32.1. The summed E-state index contributed by atoms with van der Waals surface area (Å²) in [6.07, 6.45) is 6.51. The molecule has 0 saturated carbocycles. The fourth-order valence-electron chi connectivity index (χ4n) is 1.55. The van der Waals surface area contributed by atoms with E-state index >= 15 is 0 Å². The van der Waals surface area contributed by atoms with Crippen molar-refractivity contribution in [3.05, 3.63) is 6.07 Å².